The molecule has 2 aliphatic rings. The zero-order valence-electron chi connectivity index (χ0n) is 19.2. The number of para-hydroxylation sites is 1. The van der Waals surface area contributed by atoms with Crippen molar-refractivity contribution in [1.29, 1.82) is 0 Å². The second-order valence-electron chi connectivity index (χ2n) is 7.89. The number of aliphatic hydroxyl groups is 1. The summed E-state index contributed by atoms with van der Waals surface area (Å²) in [6.45, 7) is 5.25. The number of urea groups is 1. The second kappa shape index (κ2) is 9.60. The van der Waals surface area contributed by atoms with Gasteiger partial charge in [0.25, 0.3) is 11.6 Å². The zero-order chi connectivity index (χ0) is 24.3. The van der Waals surface area contributed by atoms with Gasteiger partial charge in [0.15, 0.2) is 0 Å². The minimum absolute atomic E-state index is 0.195. The standard InChI is InChI=1S/C24H28N4O6/c1-3-33-18-11-9-17(10-12-18)28-22(30)25-20-8-6-5-7-19(20)24(28,32)21(29)26-13-15-27(16-14-26)23(31)34-4-2/h5-12,32H,3-4,13-16H2,1-2H3,(H,25,30). The molecule has 34 heavy (non-hydrogen) atoms. The van der Waals surface area contributed by atoms with Crippen LogP contribution in [0.3, 0.4) is 0 Å². The fraction of sp³-hybridized carbons (Fsp3) is 0.375. The number of rotatable bonds is 5. The van der Waals surface area contributed by atoms with E-state index in [0.29, 0.717) is 23.7 Å². The van der Waals surface area contributed by atoms with E-state index >= 15 is 0 Å². The number of anilines is 2. The van der Waals surface area contributed by atoms with Crippen LogP contribution in [-0.4, -0.2) is 72.3 Å². The number of carbonyl (C=O) groups is 3. The summed E-state index contributed by atoms with van der Waals surface area (Å²) in [6, 6.07) is 12.6. The van der Waals surface area contributed by atoms with Gasteiger partial charge in [0, 0.05) is 37.4 Å². The number of piperazine rings is 1. The summed E-state index contributed by atoms with van der Waals surface area (Å²) < 4.78 is 10.5. The van der Waals surface area contributed by atoms with Crippen molar-refractivity contribution in [2.24, 2.45) is 0 Å². The van der Waals surface area contributed by atoms with Crippen molar-refractivity contribution in [3.8, 4) is 5.75 Å². The predicted molar refractivity (Wildman–Crippen MR) is 125 cm³/mol. The Morgan fingerprint density at radius 1 is 0.971 bits per heavy atom. The van der Waals surface area contributed by atoms with Crippen LogP contribution < -0.4 is 15.0 Å². The topological polar surface area (TPSA) is 112 Å². The van der Waals surface area contributed by atoms with Crippen LogP contribution in [0.4, 0.5) is 21.0 Å². The summed E-state index contributed by atoms with van der Waals surface area (Å²) in [5.74, 6) is -0.0405. The van der Waals surface area contributed by atoms with Crippen LogP contribution in [0.5, 0.6) is 5.75 Å². The van der Waals surface area contributed by atoms with Crippen LogP contribution in [0.25, 0.3) is 0 Å². The number of hydrogen-bond donors (Lipinski definition) is 2. The van der Waals surface area contributed by atoms with Crippen LogP contribution in [0.1, 0.15) is 19.4 Å². The largest absolute Gasteiger partial charge is 0.494 e. The molecule has 180 valence electrons. The molecule has 10 heteroatoms. The van der Waals surface area contributed by atoms with Gasteiger partial charge in [-0.05, 0) is 44.2 Å². The molecule has 2 aromatic carbocycles. The van der Waals surface area contributed by atoms with E-state index in [0.717, 1.165) is 4.90 Å². The Morgan fingerprint density at radius 3 is 2.26 bits per heavy atom. The number of nitrogens with zero attached hydrogens (tertiary/aromatic N) is 3. The van der Waals surface area contributed by atoms with Crippen molar-refractivity contribution in [3.63, 3.8) is 0 Å². The fourth-order valence-corrected chi connectivity index (χ4v) is 4.24. The molecule has 0 saturated carbocycles. The Kier molecular flexibility index (Phi) is 6.60. The molecule has 1 saturated heterocycles. The van der Waals surface area contributed by atoms with Gasteiger partial charge in [0.2, 0.25) is 0 Å². The SMILES string of the molecule is CCOC(=O)N1CCN(C(=O)C2(O)c3ccccc3NC(=O)N2c2ccc(OCC)cc2)CC1. The van der Waals surface area contributed by atoms with E-state index in [9.17, 15) is 19.5 Å². The van der Waals surface area contributed by atoms with Gasteiger partial charge in [-0.15, -0.1) is 0 Å². The van der Waals surface area contributed by atoms with Crippen molar-refractivity contribution < 1.29 is 29.0 Å². The maximum atomic E-state index is 13.8. The molecule has 4 rings (SSSR count). The Bertz CT molecular complexity index is 1070. The quantitative estimate of drug-likeness (QED) is 0.698. The molecule has 0 aromatic heterocycles. The van der Waals surface area contributed by atoms with Gasteiger partial charge >= 0.3 is 12.1 Å². The summed E-state index contributed by atoms with van der Waals surface area (Å²) >= 11 is 0. The molecular weight excluding hydrogens is 440 g/mol. The van der Waals surface area contributed by atoms with E-state index in [-0.39, 0.29) is 38.3 Å². The van der Waals surface area contributed by atoms with Crippen LogP contribution in [0, 0.1) is 0 Å². The monoisotopic (exact) mass is 468 g/mol. The number of benzene rings is 2. The number of fused-ring (bicyclic) bond motifs is 1. The molecular formula is C24H28N4O6. The van der Waals surface area contributed by atoms with Crippen LogP contribution in [0.2, 0.25) is 0 Å². The maximum absolute atomic E-state index is 13.8. The molecule has 0 bridgehead atoms. The minimum atomic E-state index is -2.28. The van der Waals surface area contributed by atoms with E-state index in [2.05, 4.69) is 5.32 Å². The average Bonchev–Trinajstić information content (AvgIpc) is 2.85. The molecule has 2 aromatic rings. The lowest BCUT2D eigenvalue weighted by Crippen LogP contribution is -2.65. The summed E-state index contributed by atoms with van der Waals surface area (Å²) in [4.78, 5) is 43.1. The molecule has 1 unspecified atom stereocenters. The van der Waals surface area contributed by atoms with Gasteiger partial charge in [0.1, 0.15) is 5.75 Å². The van der Waals surface area contributed by atoms with E-state index < -0.39 is 23.8 Å². The first-order chi connectivity index (χ1) is 16.4. The molecule has 1 atom stereocenters. The molecule has 10 nitrogen and oxygen atoms in total. The molecule has 0 aliphatic carbocycles. The number of carbonyl (C=O) groups excluding carboxylic acids is 3. The summed E-state index contributed by atoms with van der Waals surface area (Å²) in [5.41, 5.74) is -1.33. The Balaban J connectivity index is 1.68. The first kappa shape index (κ1) is 23.4. The summed E-state index contributed by atoms with van der Waals surface area (Å²) in [5, 5.41) is 14.8. The van der Waals surface area contributed by atoms with Gasteiger partial charge < -0.3 is 29.7 Å². The van der Waals surface area contributed by atoms with E-state index in [1.807, 2.05) is 6.92 Å². The van der Waals surface area contributed by atoms with E-state index in [1.165, 1.54) is 9.80 Å². The number of amides is 4. The van der Waals surface area contributed by atoms with E-state index in [1.54, 1.807) is 55.5 Å². The number of ether oxygens (including phenoxy) is 2. The van der Waals surface area contributed by atoms with Crippen LogP contribution >= 0.6 is 0 Å². The zero-order valence-corrected chi connectivity index (χ0v) is 19.2. The van der Waals surface area contributed by atoms with Crippen LogP contribution in [-0.2, 0) is 15.3 Å². The molecule has 0 radical (unpaired) electrons. The molecule has 4 amide bonds. The highest BCUT2D eigenvalue weighted by Crippen LogP contribution is 2.41. The van der Waals surface area contributed by atoms with E-state index in [4.69, 9.17) is 9.47 Å². The van der Waals surface area contributed by atoms with Crippen molar-refractivity contribution in [2.45, 2.75) is 19.6 Å². The van der Waals surface area contributed by atoms with Crippen molar-refractivity contribution >= 4 is 29.4 Å². The Labute approximate surface area is 197 Å². The Morgan fingerprint density at radius 2 is 1.62 bits per heavy atom. The third-order valence-electron chi connectivity index (χ3n) is 5.87. The minimum Gasteiger partial charge on any atom is -0.494 e. The molecule has 2 heterocycles. The van der Waals surface area contributed by atoms with Crippen molar-refractivity contribution in [1.82, 2.24) is 9.80 Å². The molecule has 2 N–H and O–H groups in total. The van der Waals surface area contributed by atoms with Gasteiger partial charge in [-0.3, -0.25) is 9.69 Å². The maximum Gasteiger partial charge on any atom is 0.409 e. The third kappa shape index (κ3) is 4.12. The lowest BCUT2D eigenvalue weighted by molar-refractivity contribution is -0.153. The normalized spacial score (nSPS) is 19.9. The fourth-order valence-electron chi connectivity index (χ4n) is 4.24. The smallest absolute Gasteiger partial charge is 0.409 e. The molecule has 2 aliphatic heterocycles. The highest BCUT2D eigenvalue weighted by atomic mass is 16.6. The van der Waals surface area contributed by atoms with Gasteiger partial charge in [0.05, 0.1) is 18.9 Å². The molecule has 0 spiro atoms. The first-order valence-electron chi connectivity index (χ1n) is 11.3. The third-order valence-corrected chi connectivity index (χ3v) is 5.87. The first-order valence-corrected chi connectivity index (χ1v) is 11.3. The van der Waals surface area contributed by atoms with Crippen molar-refractivity contribution in [3.05, 3.63) is 54.1 Å². The summed E-state index contributed by atoms with van der Waals surface area (Å²) in [7, 11) is 0. The highest BCUT2D eigenvalue weighted by molar-refractivity contribution is 6.11. The molecule has 1 fully saturated rings. The van der Waals surface area contributed by atoms with Gasteiger partial charge in [-0.1, -0.05) is 18.2 Å². The highest BCUT2D eigenvalue weighted by Gasteiger charge is 2.53. The number of nitrogens with one attached hydrogen (secondary N) is 1. The second-order valence-corrected chi connectivity index (χ2v) is 7.89. The lowest BCUT2D eigenvalue weighted by atomic mass is 9.94. The van der Waals surface area contributed by atoms with Gasteiger partial charge in [-0.2, -0.15) is 0 Å². The summed E-state index contributed by atoms with van der Waals surface area (Å²) in [6.07, 6.45) is -0.438. The Hall–Kier alpha value is -3.79. The average molecular weight is 469 g/mol. The van der Waals surface area contributed by atoms with Crippen LogP contribution in [0.15, 0.2) is 48.5 Å². The lowest BCUT2D eigenvalue weighted by Gasteiger charge is -2.46. The predicted octanol–water partition coefficient (Wildman–Crippen LogP) is 2.58. The van der Waals surface area contributed by atoms with Crippen molar-refractivity contribution in [2.75, 3.05) is 49.6 Å². The van der Waals surface area contributed by atoms with Gasteiger partial charge in [-0.25, -0.2) is 9.59 Å². The number of hydrogen-bond acceptors (Lipinski definition) is 6.